The molecule has 0 aromatic heterocycles. The molecule has 1 unspecified atom stereocenters. The van der Waals surface area contributed by atoms with Crippen LogP contribution in [0.1, 0.15) is 16.0 Å². The van der Waals surface area contributed by atoms with Gasteiger partial charge in [0.1, 0.15) is 0 Å². The zero-order valence-electron chi connectivity index (χ0n) is 9.04. The Morgan fingerprint density at radius 3 is 2.53 bits per heavy atom. The van der Waals surface area contributed by atoms with Crippen LogP contribution in [0, 0.1) is 3.57 Å². The van der Waals surface area contributed by atoms with E-state index in [9.17, 15) is 0 Å². The van der Waals surface area contributed by atoms with E-state index in [4.69, 9.17) is 0 Å². The van der Waals surface area contributed by atoms with Crippen molar-refractivity contribution < 1.29 is 0 Å². The Labute approximate surface area is 132 Å². The average Bonchev–Trinajstić information content (AvgIpc) is 2.29. The molecule has 0 spiro atoms. The highest BCUT2D eigenvalue weighted by Gasteiger charge is 2.11. The Balaban J connectivity index is 2.17. The quantitative estimate of drug-likeness (QED) is 0.401. The summed E-state index contributed by atoms with van der Waals surface area (Å²) in [7, 11) is 0. The fourth-order valence-electron chi connectivity index (χ4n) is 1.71. The molecule has 3 heteroatoms. The van der Waals surface area contributed by atoms with Crippen LogP contribution in [0.3, 0.4) is 0 Å². The minimum absolute atomic E-state index is 0.366. The highest BCUT2D eigenvalue weighted by molar-refractivity contribution is 14.1. The zero-order chi connectivity index (χ0) is 12.3. The van der Waals surface area contributed by atoms with E-state index < -0.39 is 0 Å². The molecule has 0 radical (unpaired) electrons. The van der Waals surface area contributed by atoms with Gasteiger partial charge in [0, 0.05) is 12.9 Å². The number of hydrogen-bond donors (Lipinski definition) is 0. The SMILES string of the molecule is Brc1cccc(CC(Br)c2ccccc2I)c1. The molecular weight excluding hydrogens is 455 g/mol. The first-order valence-corrected chi connectivity index (χ1v) is 8.08. The third-order valence-corrected chi connectivity index (χ3v) is 4.84. The van der Waals surface area contributed by atoms with E-state index in [1.807, 2.05) is 0 Å². The summed E-state index contributed by atoms with van der Waals surface area (Å²) in [5.41, 5.74) is 2.69. The van der Waals surface area contributed by atoms with Crippen molar-refractivity contribution in [2.75, 3.05) is 0 Å². The highest BCUT2D eigenvalue weighted by atomic mass is 127. The van der Waals surface area contributed by atoms with Gasteiger partial charge in [0.2, 0.25) is 0 Å². The van der Waals surface area contributed by atoms with E-state index in [1.54, 1.807) is 0 Å². The van der Waals surface area contributed by atoms with Gasteiger partial charge in [-0.05, 0) is 58.3 Å². The molecule has 0 saturated heterocycles. The maximum Gasteiger partial charge on any atom is 0.0446 e. The van der Waals surface area contributed by atoms with Crippen LogP contribution in [-0.2, 0) is 6.42 Å². The fourth-order valence-corrected chi connectivity index (χ4v) is 4.12. The molecule has 0 amide bonds. The lowest BCUT2D eigenvalue weighted by molar-refractivity contribution is 0.942. The van der Waals surface area contributed by atoms with Crippen molar-refractivity contribution in [1.29, 1.82) is 0 Å². The maximum absolute atomic E-state index is 3.78. The third kappa shape index (κ3) is 3.80. The highest BCUT2D eigenvalue weighted by Crippen LogP contribution is 2.30. The van der Waals surface area contributed by atoms with Crippen LogP contribution in [0.4, 0.5) is 0 Å². The molecule has 88 valence electrons. The Morgan fingerprint density at radius 1 is 1.06 bits per heavy atom. The largest absolute Gasteiger partial charge is 0.0835 e. The van der Waals surface area contributed by atoms with Gasteiger partial charge in [-0.1, -0.05) is 62.2 Å². The van der Waals surface area contributed by atoms with Crippen LogP contribution in [0.25, 0.3) is 0 Å². The second kappa shape index (κ2) is 6.34. The topological polar surface area (TPSA) is 0 Å². The van der Waals surface area contributed by atoms with Crippen molar-refractivity contribution in [3.8, 4) is 0 Å². The first-order chi connectivity index (χ1) is 8.16. The second-order valence-electron chi connectivity index (χ2n) is 3.82. The van der Waals surface area contributed by atoms with Gasteiger partial charge in [0.25, 0.3) is 0 Å². The van der Waals surface area contributed by atoms with Crippen LogP contribution in [0.15, 0.2) is 53.0 Å². The Bertz CT molecular complexity index is 511. The molecular formula is C14H11Br2I. The van der Waals surface area contributed by atoms with Gasteiger partial charge in [0.15, 0.2) is 0 Å². The van der Waals surface area contributed by atoms with Crippen molar-refractivity contribution >= 4 is 54.5 Å². The van der Waals surface area contributed by atoms with Crippen LogP contribution in [0.2, 0.25) is 0 Å². The first kappa shape index (κ1) is 13.6. The lowest BCUT2D eigenvalue weighted by Gasteiger charge is -2.12. The van der Waals surface area contributed by atoms with E-state index >= 15 is 0 Å². The minimum atomic E-state index is 0.366. The fraction of sp³-hybridized carbons (Fsp3) is 0.143. The third-order valence-electron chi connectivity index (χ3n) is 2.55. The van der Waals surface area contributed by atoms with Crippen molar-refractivity contribution in [3.63, 3.8) is 0 Å². The molecule has 1 atom stereocenters. The second-order valence-corrected chi connectivity index (χ2v) is 7.01. The van der Waals surface area contributed by atoms with Gasteiger partial charge in [-0.3, -0.25) is 0 Å². The summed E-state index contributed by atoms with van der Waals surface area (Å²) >= 11 is 9.67. The molecule has 0 heterocycles. The monoisotopic (exact) mass is 464 g/mol. The molecule has 0 aliphatic heterocycles. The molecule has 0 bridgehead atoms. The summed E-state index contributed by atoms with van der Waals surface area (Å²) in [5, 5.41) is 0. The van der Waals surface area contributed by atoms with Gasteiger partial charge in [0.05, 0.1) is 0 Å². The normalized spacial score (nSPS) is 12.4. The van der Waals surface area contributed by atoms with Crippen molar-refractivity contribution in [3.05, 3.63) is 67.7 Å². The summed E-state index contributed by atoms with van der Waals surface area (Å²) < 4.78 is 2.44. The lowest BCUT2D eigenvalue weighted by Crippen LogP contribution is -1.97. The van der Waals surface area contributed by atoms with Crippen LogP contribution < -0.4 is 0 Å². The summed E-state index contributed by atoms with van der Waals surface area (Å²) in [5.74, 6) is 0. The van der Waals surface area contributed by atoms with Crippen molar-refractivity contribution in [1.82, 2.24) is 0 Å². The molecule has 2 aromatic rings. The summed E-state index contributed by atoms with van der Waals surface area (Å²) in [6, 6.07) is 17.0. The standard InChI is InChI=1S/C14H11Br2I/c15-11-5-3-4-10(8-11)9-13(16)12-6-1-2-7-14(12)17/h1-8,13H,9H2. The van der Waals surface area contributed by atoms with Gasteiger partial charge < -0.3 is 0 Å². The van der Waals surface area contributed by atoms with Gasteiger partial charge in [-0.25, -0.2) is 0 Å². The summed E-state index contributed by atoms with van der Waals surface area (Å²) in [6.07, 6.45) is 0.999. The molecule has 0 saturated carbocycles. The van der Waals surface area contributed by atoms with Crippen LogP contribution in [0.5, 0.6) is 0 Å². The Morgan fingerprint density at radius 2 is 1.82 bits per heavy atom. The molecule has 2 rings (SSSR count). The Hall–Kier alpha value is 0.130. The maximum atomic E-state index is 3.78. The molecule has 2 aromatic carbocycles. The van der Waals surface area contributed by atoms with Gasteiger partial charge in [-0.2, -0.15) is 0 Å². The molecule has 17 heavy (non-hydrogen) atoms. The number of hydrogen-bond acceptors (Lipinski definition) is 0. The van der Waals surface area contributed by atoms with E-state index in [1.165, 1.54) is 14.7 Å². The van der Waals surface area contributed by atoms with Gasteiger partial charge >= 0.3 is 0 Å². The number of halogens is 3. The van der Waals surface area contributed by atoms with E-state index in [2.05, 4.69) is 103 Å². The van der Waals surface area contributed by atoms with E-state index in [0.717, 1.165) is 10.9 Å². The summed E-state index contributed by atoms with van der Waals surface area (Å²) in [6.45, 7) is 0. The molecule has 0 fully saturated rings. The van der Waals surface area contributed by atoms with Crippen molar-refractivity contribution in [2.24, 2.45) is 0 Å². The van der Waals surface area contributed by atoms with E-state index in [-0.39, 0.29) is 0 Å². The average molecular weight is 466 g/mol. The first-order valence-electron chi connectivity index (χ1n) is 5.30. The van der Waals surface area contributed by atoms with Crippen LogP contribution in [-0.4, -0.2) is 0 Å². The van der Waals surface area contributed by atoms with Crippen molar-refractivity contribution in [2.45, 2.75) is 11.2 Å². The molecule has 0 nitrogen and oxygen atoms in total. The van der Waals surface area contributed by atoms with E-state index in [0.29, 0.717) is 4.83 Å². The molecule has 0 N–H and O–H groups in total. The predicted molar refractivity (Wildman–Crippen MR) is 88.7 cm³/mol. The smallest absolute Gasteiger partial charge is 0.0446 e. The van der Waals surface area contributed by atoms with Crippen LogP contribution >= 0.6 is 54.5 Å². The number of rotatable bonds is 3. The molecule has 0 aliphatic rings. The summed E-state index contributed by atoms with van der Waals surface area (Å²) in [4.78, 5) is 0.366. The lowest BCUT2D eigenvalue weighted by atomic mass is 10.0. The predicted octanol–water partition coefficient (Wildman–Crippen LogP) is 5.73. The minimum Gasteiger partial charge on any atom is -0.0835 e. The zero-order valence-corrected chi connectivity index (χ0v) is 14.4. The Kier molecular flexibility index (Phi) is 5.06. The van der Waals surface area contributed by atoms with Gasteiger partial charge in [-0.15, -0.1) is 0 Å². The number of benzene rings is 2. The number of alkyl halides is 1. The molecule has 0 aliphatic carbocycles.